The standard InChI is InChI=1S/C13H25NO2/c1-5-7-8-9-12(14-11(4)15)13(16)10(3)6-2/h10,12H,5-9H2,1-4H3,(H,14,15). The molecule has 0 saturated carbocycles. The molecule has 16 heavy (non-hydrogen) atoms. The van der Waals surface area contributed by atoms with Gasteiger partial charge in [-0.25, -0.2) is 0 Å². The van der Waals surface area contributed by atoms with Gasteiger partial charge in [0.1, 0.15) is 0 Å². The van der Waals surface area contributed by atoms with Crippen molar-refractivity contribution in [1.82, 2.24) is 5.32 Å². The Labute approximate surface area is 99.0 Å². The maximum absolute atomic E-state index is 12.0. The van der Waals surface area contributed by atoms with Crippen LogP contribution in [0.4, 0.5) is 0 Å². The van der Waals surface area contributed by atoms with Crippen molar-refractivity contribution in [2.24, 2.45) is 5.92 Å². The highest BCUT2D eigenvalue weighted by atomic mass is 16.2. The lowest BCUT2D eigenvalue weighted by Gasteiger charge is -2.19. The van der Waals surface area contributed by atoms with Gasteiger partial charge in [-0.2, -0.15) is 0 Å². The maximum Gasteiger partial charge on any atom is 0.217 e. The van der Waals surface area contributed by atoms with Crippen LogP contribution in [0.3, 0.4) is 0 Å². The fourth-order valence-electron chi connectivity index (χ4n) is 1.67. The molecule has 94 valence electrons. The van der Waals surface area contributed by atoms with Crippen LogP contribution < -0.4 is 5.32 Å². The highest BCUT2D eigenvalue weighted by Crippen LogP contribution is 2.11. The maximum atomic E-state index is 12.0. The number of ketones is 1. The predicted molar refractivity (Wildman–Crippen MR) is 66.2 cm³/mol. The Balaban J connectivity index is 4.28. The van der Waals surface area contributed by atoms with Crippen molar-refractivity contribution in [3.05, 3.63) is 0 Å². The summed E-state index contributed by atoms with van der Waals surface area (Å²) in [6.45, 7) is 7.52. The van der Waals surface area contributed by atoms with Gasteiger partial charge in [-0.05, 0) is 12.8 Å². The Morgan fingerprint density at radius 2 is 1.81 bits per heavy atom. The van der Waals surface area contributed by atoms with Crippen molar-refractivity contribution < 1.29 is 9.59 Å². The molecule has 0 fully saturated rings. The van der Waals surface area contributed by atoms with Gasteiger partial charge in [0.05, 0.1) is 6.04 Å². The number of carbonyl (C=O) groups is 2. The van der Waals surface area contributed by atoms with E-state index in [2.05, 4.69) is 12.2 Å². The Hall–Kier alpha value is -0.860. The van der Waals surface area contributed by atoms with Crippen LogP contribution in [0.1, 0.15) is 59.8 Å². The number of unbranched alkanes of at least 4 members (excludes halogenated alkanes) is 2. The molecule has 0 aliphatic carbocycles. The molecule has 2 unspecified atom stereocenters. The van der Waals surface area contributed by atoms with E-state index in [0.29, 0.717) is 0 Å². The van der Waals surface area contributed by atoms with Gasteiger partial charge in [0.15, 0.2) is 5.78 Å². The SMILES string of the molecule is CCCCCC(NC(C)=O)C(=O)C(C)CC. The fraction of sp³-hybridized carbons (Fsp3) is 0.846. The minimum Gasteiger partial charge on any atom is -0.347 e. The number of Topliss-reactive ketones (excluding diaryl/α,β-unsaturated/α-hetero) is 1. The molecule has 1 amide bonds. The van der Waals surface area contributed by atoms with Gasteiger partial charge < -0.3 is 5.32 Å². The third-order valence-electron chi connectivity index (χ3n) is 2.92. The van der Waals surface area contributed by atoms with Crippen LogP contribution in [0.5, 0.6) is 0 Å². The van der Waals surface area contributed by atoms with Crippen LogP contribution >= 0.6 is 0 Å². The first-order chi connectivity index (χ1) is 7.52. The summed E-state index contributed by atoms with van der Waals surface area (Å²) in [4.78, 5) is 23.0. The van der Waals surface area contributed by atoms with Gasteiger partial charge in [-0.1, -0.05) is 40.0 Å². The van der Waals surface area contributed by atoms with E-state index in [1.807, 2.05) is 13.8 Å². The van der Waals surface area contributed by atoms with Gasteiger partial charge in [-0.15, -0.1) is 0 Å². The lowest BCUT2D eigenvalue weighted by molar-refractivity contribution is -0.129. The number of amides is 1. The molecule has 0 rings (SSSR count). The Kier molecular flexibility index (Phi) is 7.86. The van der Waals surface area contributed by atoms with Crippen LogP contribution in [-0.2, 0) is 9.59 Å². The van der Waals surface area contributed by atoms with E-state index >= 15 is 0 Å². The number of rotatable bonds is 8. The predicted octanol–water partition coefficient (Wildman–Crippen LogP) is 2.69. The molecule has 0 heterocycles. The largest absolute Gasteiger partial charge is 0.347 e. The molecule has 0 aliphatic rings. The van der Waals surface area contributed by atoms with Gasteiger partial charge in [0.2, 0.25) is 5.91 Å². The summed E-state index contributed by atoms with van der Waals surface area (Å²) in [6.07, 6.45) is 4.86. The average molecular weight is 227 g/mol. The second-order valence-electron chi connectivity index (χ2n) is 4.46. The number of nitrogens with one attached hydrogen (secondary N) is 1. The molecule has 2 atom stereocenters. The summed E-state index contributed by atoms with van der Waals surface area (Å²) in [6, 6.07) is -0.279. The molecular formula is C13H25NO2. The van der Waals surface area contributed by atoms with E-state index in [0.717, 1.165) is 32.1 Å². The summed E-state index contributed by atoms with van der Waals surface area (Å²) in [5.74, 6) is 0.102. The van der Waals surface area contributed by atoms with Gasteiger partial charge in [-0.3, -0.25) is 9.59 Å². The van der Waals surface area contributed by atoms with Gasteiger partial charge >= 0.3 is 0 Å². The van der Waals surface area contributed by atoms with Crippen LogP contribution in [0.2, 0.25) is 0 Å². The first-order valence-electron chi connectivity index (χ1n) is 6.33. The second-order valence-corrected chi connectivity index (χ2v) is 4.46. The molecule has 0 spiro atoms. The minimum absolute atomic E-state index is 0.0403. The first kappa shape index (κ1) is 15.1. The molecule has 0 aromatic rings. The Morgan fingerprint density at radius 3 is 2.25 bits per heavy atom. The summed E-state index contributed by atoms with van der Waals surface area (Å²) >= 11 is 0. The highest BCUT2D eigenvalue weighted by Gasteiger charge is 2.22. The van der Waals surface area contributed by atoms with Crippen molar-refractivity contribution in [3.63, 3.8) is 0 Å². The Bertz CT molecular complexity index is 226. The lowest BCUT2D eigenvalue weighted by atomic mass is 9.94. The van der Waals surface area contributed by atoms with Crippen molar-refractivity contribution in [1.29, 1.82) is 0 Å². The molecule has 3 heteroatoms. The number of hydrogen-bond donors (Lipinski definition) is 1. The molecule has 1 N–H and O–H groups in total. The summed E-state index contributed by atoms with van der Waals surface area (Å²) in [5, 5.41) is 2.77. The van der Waals surface area contributed by atoms with Crippen molar-refractivity contribution in [3.8, 4) is 0 Å². The van der Waals surface area contributed by atoms with Gasteiger partial charge in [0, 0.05) is 12.8 Å². The lowest BCUT2D eigenvalue weighted by Crippen LogP contribution is -2.42. The van der Waals surface area contributed by atoms with Crippen molar-refractivity contribution >= 4 is 11.7 Å². The van der Waals surface area contributed by atoms with Crippen molar-refractivity contribution in [2.75, 3.05) is 0 Å². The summed E-state index contributed by atoms with van der Waals surface area (Å²) in [5.41, 5.74) is 0. The average Bonchev–Trinajstić information content (AvgIpc) is 2.25. The molecule has 0 bridgehead atoms. The zero-order chi connectivity index (χ0) is 12.6. The summed E-state index contributed by atoms with van der Waals surface area (Å²) < 4.78 is 0. The van der Waals surface area contributed by atoms with Crippen LogP contribution in [0.15, 0.2) is 0 Å². The van der Waals surface area contributed by atoms with E-state index < -0.39 is 0 Å². The third kappa shape index (κ3) is 5.89. The molecule has 0 aromatic heterocycles. The number of hydrogen-bond acceptors (Lipinski definition) is 2. The van der Waals surface area contributed by atoms with E-state index in [1.165, 1.54) is 6.92 Å². The number of carbonyl (C=O) groups excluding carboxylic acids is 2. The van der Waals surface area contributed by atoms with Crippen LogP contribution in [-0.4, -0.2) is 17.7 Å². The highest BCUT2D eigenvalue weighted by molar-refractivity contribution is 5.89. The molecule has 3 nitrogen and oxygen atoms in total. The topological polar surface area (TPSA) is 46.2 Å². The normalized spacial score (nSPS) is 14.2. The first-order valence-corrected chi connectivity index (χ1v) is 6.33. The van der Waals surface area contributed by atoms with Crippen LogP contribution in [0.25, 0.3) is 0 Å². The van der Waals surface area contributed by atoms with E-state index in [4.69, 9.17) is 0 Å². The van der Waals surface area contributed by atoms with Crippen molar-refractivity contribution in [2.45, 2.75) is 65.8 Å². The van der Waals surface area contributed by atoms with E-state index in [1.54, 1.807) is 0 Å². The minimum atomic E-state index is -0.279. The quantitative estimate of drug-likeness (QED) is 0.648. The molecule has 0 saturated heterocycles. The fourth-order valence-corrected chi connectivity index (χ4v) is 1.67. The molecule has 0 radical (unpaired) electrons. The van der Waals surface area contributed by atoms with E-state index in [9.17, 15) is 9.59 Å². The Morgan fingerprint density at radius 1 is 1.19 bits per heavy atom. The zero-order valence-electron chi connectivity index (χ0n) is 11.0. The second kappa shape index (κ2) is 8.31. The molecular weight excluding hydrogens is 202 g/mol. The van der Waals surface area contributed by atoms with Crippen LogP contribution in [0, 0.1) is 5.92 Å². The summed E-state index contributed by atoms with van der Waals surface area (Å²) in [7, 11) is 0. The van der Waals surface area contributed by atoms with Gasteiger partial charge in [0.25, 0.3) is 0 Å². The van der Waals surface area contributed by atoms with E-state index in [-0.39, 0.29) is 23.7 Å². The molecule has 0 aromatic carbocycles. The third-order valence-corrected chi connectivity index (χ3v) is 2.92. The smallest absolute Gasteiger partial charge is 0.217 e. The zero-order valence-corrected chi connectivity index (χ0v) is 11.0. The monoisotopic (exact) mass is 227 g/mol. The molecule has 0 aliphatic heterocycles.